The molecular weight excluding hydrogens is 316 g/mol. The maximum atomic E-state index is 10.6. The second-order valence-corrected chi connectivity index (χ2v) is 5.24. The number of aliphatic hydroxyl groups is 4. The minimum atomic E-state index is -1.63. The largest absolute Gasteiger partial charge is 0.480 e. The van der Waals surface area contributed by atoms with Gasteiger partial charge in [-0.25, -0.2) is 0 Å². The first-order valence-corrected chi connectivity index (χ1v) is 6.96. The zero-order chi connectivity index (χ0) is 17.6. The van der Waals surface area contributed by atoms with Gasteiger partial charge in [-0.1, -0.05) is 0 Å². The number of hydrogen-bond acceptors (Lipinski definition) is 9. The molecule has 0 amide bonds. The molecule has 0 aromatic carbocycles. The molecule has 0 aromatic heterocycles. The summed E-state index contributed by atoms with van der Waals surface area (Å²) >= 11 is 0. The highest BCUT2D eigenvalue weighted by Gasteiger charge is 2.42. The molecule has 11 heteroatoms. The van der Waals surface area contributed by atoms with Crippen molar-refractivity contribution >= 4 is 11.9 Å². The topological polar surface area (TPSA) is 180 Å². The van der Waals surface area contributed by atoms with Gasteiger partial charge in [-0.15, -0.1) is 0 Å². The average molecular weight is 338 g/mol. The van der Waals surface area contributed by atoms with Crippen molar-refractivity contribution in [1.82, 2.24) is 10.2 Å². The molecule has 23 heavy (non-hydrogen) atoms. The summed E-state index contributed by atoms with van der Waals surface area (Å²) in [5.41, 5.74) is 0. The van der Waals surface area contributed by atoms with E-state index in [4.69, 9.17) is 14.9 Å². The lowest BCUT2D eigenvalue weighted by molar-refractivity contribution is -0.280. The van der Waals surface area contributed by atoms with Crippen LogP contribution in [0.5, 0.6) is 0 Å². The third-order valence-electron chi connectivity index (χ3n) is 3.36. The number of aliphatic hydroxyl groups excluding tert-OH is 4. The van der Waals surface area contributed by atoms with Gasteiger partial charge in [0.1, 0.15) is 24.4 Å². The minimum absolute atomic E-state index is 0.00991. The Bertz CT molecular complexity index is 392. The number of carboxylic acid groups (broad SMARTS) is 2. The molecule has 0 saturated carbocycles. The van der Waals surface area contributed by atoms with Gasteiger partial charge in [0.25, 0.3) is 0 Å². The molecule has 11 nitrogen and oxygen atoms in total. The van der Waals surface area contributed by atoms with E-state index in [0.29, 0.717) is 0 Å². The van der Waals surface area contributed by atoms with Crippen LogP contribution in [0.1, 0.15) is 0 Å². The molecule has 1 heterocycles. The minimum Gasteiger partial charge on any atom is -0.480 e. The Labute approximate surface area is 131 Å². The van der Waals surface area contributed by atoms with Crippen LogP contribution in [0.4, 0.5) is 0 Å². The van der Waals surface area contributed by atoms with Crippen LogP contribution in [0.3, 0.4) is 0 Å². The van der Waals surface area contributed by atoms with E-state index in [1.165, 1.54) is 4.90 Å². The maximum Gasteiger partial charge on any atom is 0.317 e. The lowest BCUT2D eigenvalue weighted by Crippen LogP contribution is -2.59. The van der Waals surface area contributed by atoms with E-state index in [1.54, 1.807) is 0 Å². The van der Waals surface area contributed by atoms with Gasteiger partial charge in [0.15, 0.2) is 6.29 Å². The Kier molecular flexibility index (Phi) is 7.78. The number of rotatable bonds is 9. The molecule has 7 N–H and O–H groups in total. The molecule has 0 bridgehead atoms. The van der Waals surface area contributed by atoms with Gasteiger partial charge in [0.2, 0.25) is 0 Å². The number of aliphatic carboxylic acids is 2. The van der Waals surface area contributed by atoms with Gasteiger partial charge in [0.05, 0.1) is 13.1 Å². The fourth-order valence-corrected chi connectivity index (χ4v) is 2.18. The Morgan fingerprint density at radius 3 is 2.04 bits per heavy atom. The summed E-state index contributed by atoms with van der Waals surface area (Å²) in [6.45, 7) is -0.534. The molecule has 0 aliphatic carbocycles. The number of nitrogens with zero attached hydrogens (tertiary/aromatic N) is 1. The Morgan fingerprint density at radius 2 is 1.52 bits per heavy atom. The van der Waals surface area contributed by atoms with Gasteiger partial charge in [-0.05, 0) is 0 Å². The molecule has 3 unspecified atom stereocenters. The second kappa shape index (κ2) is 9.08. The van der Waals surface area contributed by atoms with Crippen molar-refractivity contribution in [3.8, 4) is 0 Å². The van der Waals surface area contributed by atoms with E-state index in [1.807, 2.05) is 0 Å². The molecule has 0 radical (unpaired) electrons. The molecule has 0 spiro atoms. The highest BCUT2D eigenvalue weighted by atomic mass is 16.6. The zero-order valence-corrected chi connectivity index (χ0v) is 12.3. The quantitative estimate of drug-likeness (QED) is 0.203. The van der Waals surface area contributed by atoms with Crippen molar-refractivity contribution in [2.75, 3.05) is 32.7 Å². The first kappa shape index (κ1) is 19.7. The highest BCUT2D eigenvalue weighted by molar-refractivity contribution is 5.72. The molecular formula is C12H22N2O9. The van der Waals surface area contributed by atoms with Crippen LogP contribution >= 0.6 is 0 Å². The molecule has 5 atom stereocenters. The predicted octanol–water partition coefficient (Wildman–Crippen LogP) is -4.15. The monoisotopic (exact) mass is 338 g/mol. The molecule has 1 rings (SSSR count). The van der Waals surface area contributed by atoms with E-state index < -0.39 is 55.7 Å². The van der Waals surface area contributed by atoms with Gasteiger partial charge in [-0.3, -0.25) is 14.5 Å². The van der Waals surface area contributed by atoms with Crippen LogP contribution in [0.25, 0.3) is 0 Å². The molecule has 1 aliphatic rings. The Hall–Kier alpha value is -1.34. The van der Waals surface area contributed by atoms with Crippen molar-refractivity contribution in [3.05, 3.63) is 0 Å². The van der Waals surface area contributed by atoms with E-state index in [2.05, 4.69) is 5.32 Å². The fourth-order valence-electron chi connectivity index (χ4n) is 2.18. The third-order valence-corrected chi connectivity index (χ3v) is 3.36. The predicted molar refractivity (Wildman–Crippen MR) is 73.5 cm³/mol. The summed E-state index contributed by atoms with van der Waals surface area (Å²) in [7, 11) is 0. The SMILES string of the molecule is O=C(O)CN(CCNCC1OC(O)C(O)[C@@H](O)[C@H]1O)CC(=O)O. The van der Waals surface area contributed by atoms with Gasteiger partial charge in [0, 0.05) is 19.6 Å². The standard InChI is InChI=1S/C12H22N2O9/c15-7(16)4-14(5-8(17)18)2-1-13-3-6-9(19)10(20)11(21)12(22)23-6/h6,9-13,19-22H,1-5H2,(H,15,16)(H,17,18)/t6?,9-,10-,11?,12?/m0/s1. The number of carbonyl (C=O) groups is 2. The smallest absolute Gasteiger partial charge is 0.317 e. The summed E-state index contributed by atoms with van der Waals surface area (Å²) in [5, 5.41) is 58.1. The molecule has 1 aliphatic heterocycles. The summed E-state index contributed by atoms with van der Waals surface area (Å²) < 4.78 is 4.95. The van der Waals surface area contributed by atoms with Crippen LogP contribution in [-0.4, -0.2) is 111 Å². The normalized spacial score (nSPS) is 31.3. The van der Waals surface area contributed by atoms with Gasteiger partial charge < -0.3 is 40.7 Å². The van der Waals surface area contributed by atoms with Crippen LogP contribution in [0.2, 0.25) is 0 Å². The van der Waals surface area contributed by atoms with E-state index in [9.17, 15) is 30.0 Å². The van der Waals surface area contributed by atoms with E-state index in [0.717, 1.165) is 0 Å². The lowest BCUT2D eigenvalue weighted by atomic mass is 9.99. The zero-order valence-electron chi connectivity index (χ0n) is 12.3. The van der Waals surface area contributed by atoms with Crippen LogP contribution in [-0.2, 0) is 14.3 Å². The number of hydrogen-bond donors (Lipinski definition) is 7. The van der Waals surface area contributed by atoms with Crippen LogP contribution in [0.15, 0.2) is 0 Å². The summed E-state index contributed by atoms with van der Waals surface area (Å²) in [6, 6.07) is 0. The summed E-state index contributed by atoms with van der Waals surface area (Å²) in [6.07, 6.45) is -7.18. The van der Waals surface area contributed by atoms with Crippen LogP contribution < -0.4 is 5.32 Å². The second-order valence-electron chi connectivity index (χ2n) is 5.24. The van der Waals surface area contributed by atoms with E-state index >= 15 is 0 Å². The van der Waals surface area contributed by atoms with Crippen molar-refractivity contribution in [2.45, 2.75) is 30.7 Å². The van der Waals surface area contributed by atoms with Crippen molar-refractivity contribution < 1.29 is 45.0 Å². The van der Waals surface area contributed by atoms with E-state index in [-0.39, 0.29) is 19.6 Å². The number of carboxylic acids is 2. The average Bonchev–Trinajstić information content (AvgIpc) is 2.45. The Balaban J connectivity index is 2.37. The lowest BCUT2D eigenvalue weighted by Gasteiger charge is -2.38. The Morgan fingerprint density at radius 1 is 0.957 bits per heavy atom. The van der Waals surface area contributed by atoms with Gasteiger partial charge >= 0.3 is 11.9 Å². The highest BCUT2D eigenvalue weighted by Crippen LogP contribution is 2.19. The maximum absolute atomic E-state index is 10.6. The first-order valence-electron chi connectivity index (χ1n) is 6.96. The third kappa shape index (κ3) is 6.35. The molecule has 0 aromatic rings. The molecule has 134 valence electrons. The number of nitrogens with one attached hydrogen (secondary N) is 1. The molecule has 1 fully saturated rings. The summed E-state index contributed by atoms with van der Waals surface area (Å²) in [5.74, 6) is -2.31. The summed E-state index contributed by atoms with van der Waals surface area (Å²) in [4.78, 5) is 22.5. The van der Waals surface area contributed by atoms with Crippen molar-refractivity contribution in [2.24, 2.45) is 0 Å². The van der Waals surface area contributed by atoms with Crippen molar-refractivity contribution in [3.63, 3.8) is 0 Å². The fraction of sp³-hybridized carbons (Fsp3) is 0.833. The number of ether oxygens (including phenoxy) is 1. The van der Waals surface area contributed by atoms with Crippen molar-refractivity contribution in [1.29, 1.82) is 0 Å². The van der Waals surface area contributed by atoms with Gasteiger partial charge in [-0.2, -0.15) is 0 Å². The first-order chi connectivity index (χ1) is 10.7. The molecule has 1 saturated heterocycles. The van der Waals surface area contributed by atoms with Crippen LogP contribution in [0, 0.1) is 0 Å².